The largest absolute Gasteiger partial charge is 0.338 e. The van der Waals surface area contributed by atoms with E-state index in [1.807, 2.05) is 4.90 Å². The zero-order chi connectivity index (χ0) is 13.1. The Morgan fingerprint density at radius 1 is 0.789 bits per heavy atom. The van der Waals surface area contributed by atoms with Crippen molar-refractivity contribution in [3.05, 3.63) is 0 Å². The third-order valence-corrected chi connectivity index (χ3v) is 4.74. The number of rotatable bonds is 2. The van der Waals surface area contributed by atoms with Gasteiger partial charge in [-0.25, -0.2) is 9.69 Å². The predicted molar refractivity (Wildman–Crippen MR) is 65.1 cm³/mol. The maximum atomic E-state index is 12.3. The summed E-state index contributed by atoms with van der Waals surface area (Å²) in [6, 6.07) is -0.713. The van der Waals surface area contributed by atoms with Crippen LogP contribution >= 0.6 is 0 Å². The second-order valence-electron chi connectivity index (χ2n) is 5.91. The minimum absolute atomic E-state index is 0.0228. The first-order chi connectivity index (χ1) is 9.18. The van der Waals surface area contributed by atoms with Gasteiger partial charge >= 0.3 is 6.03 Å². The SMILES string of the molecule is O=C1C(N2C(=O)[C@@H]3CCCN3C2=O)CCN1C1CC1. The molecule has 1 unspecified atom stereocenters. The number of urea groups is 1. The highest BCUT2D eigenvalue weighted by molar-refractivity contribution is 6.08. The standard InChI is InChI=1S/C13H17N3O3/c17-11-10(5-7-14(11)8-3-4-8)16-12(18)9-2-1-6-15(9)13(16)19/h8-10H,1-7H2/t9-,10?/m0/s1. The molecule has 3 saturated heterocycles. The number of amides is 4. The van der Waals surface area contributed by atoms with E-state index in [0.717, 1.165) is 25.7 Å². The van der Waals surface area contributed by atoms with Crippen molar-refractivity contribution < 1.29 is 14.4 Å². The Balaban J connectivity index is 1.58. The van der Waals surface area contributed by atoms with E-state index in [4.69, 9.17) is 0 Å². The van der Waals surface area contributed by atoms with Gasteiger partial charge in [-0.15, -0.1) is 0 Å². The van der Waals surface area contributed by atoms with E-state index in [9.17, 15) is 14.4 Å². The molecule has 1 aliphatic carbocycles. The third kappa shape index (κ3) is 1.45. The van der Waals surface area contributed by atoms with Gasteiger partial charge < -0.3 is 9.80 Å². The Labute approximate surface area is 111 Å². The first-order valence-corrected chi connectivity index (χ1v) is 7.12. The summed E-state index contributed by atoms with van der Waals surface area (Å²) in [5, 5.41) is 0. The van der Waals surface area contributed by atoms with Crippen LogP contribution < -0.4 is 0 Å². The van der Waals surface area contributed by atoms with Gasteiger partial charge in [0.05, 0.1) is 0 Å². The van der Waals surface area contributed by atoms with Crippen molar-refractivity contribution in [2.45, 2.75) is 50.2 Å². The maximum Gasteiger partial charge on any atom is 0.328 e. The Morgan fingerprint density at radius 3 is 2.26 bits per heavy atom. The summed E-state index contributed by atoms with van der Waals surface area (Å²) in [6.07, 6.45) is 4.37. The van der Waals surface area contributed by atoms with E-state index in [0.29, 0.717) is 25.6 Å². The minimum atomic E-state index is -0.536. The summed E-state index contributed by atoms with van der Waals surface area (Å²) in [5.74, 6) is -0.177. The van der Waals surface area contributed by atoms with Crippen molar-refractivity contribution in [2.75, 3.05) is 13.1 Å². The topological polar surface area (TPSA) is 60.9 Å². The second-order valence-corrected chi connectivity index (χ2v) is 5.91. The molecule has 0 spiro atoms. The number of carbonyl (C=O) groups is 3. The van der Waals surface area contributed by atoms with Crippen LogP contribution in [-0.2, 0) is 9.59 Å². The zero-order valence-electron chi connectivity index (χ0n) is 10.7. The van der Waals surface area contributed by atoms with Gasteiger partial charge in [-0.2, -0.15) is 0 Å². The molecule has 2 atom stereocenters. The van der Waals surface area contributed by atoms with Gasteiger partial charge in [0.25, 0.3) is 5.91 Å². The van der Waals surface area contributed by atoms with Crippen molar-refractivity contribution in [2.24, 2.45) is 0 Å². The minimum Gasteiger partial charge on any atom is -0.338 e. The molecule has 3 aliphatic heterocycles. The Bertz CT molecular complexity index is 452. The Kier molecular flexibility index (Phi) is 2.20. The number of hydrogen-bond donors (Lipinski definition) is 0. The lowest BCUT2D eigenvalue weighted by Gasteiger charge is -2.22. The van der Waals surface area contributed by atoms with Crippen molar-refractivity contribution in [1.82, 2.24) is 14.7 Å². The van der Waals surface area contributed by atoms with Gasteiger partial charge in [0.2, 0.25) is 5.91 Å². The number of hydrogen-bond acceptors (Lipinski definition) is 3. The molecule has 6 nitrogen and oxygen atoms in total. The monoisotopic (exact) mass is 263 g/mol. The van der Waals surface area contributed by atoms with Crippen molar-refractivity contribution >= 4 is 17.8 Å². The van der Waals surface area contributed by atoms with Gasteiger partial charge in [0, 0.05) is 19.1 Å². The van der Waals surface area contributed by atoms with E-state index in [1.54, 1.807) is 4.90 Å². The fraction of sp³-hybridized carbons (Fsp3) is 0.769. The molecule has 4 fully saturated rings. The molecule has 0 aromatic carbocycles. The molecule has 0 bridgehead atoms. The molecule has 4 amide bonds. The average Bonchev–Trinajstić information content (AvgIpc) is 2.91. The van der Waals surface area contributed by atoms with Gasteiger partial charge in [-0.1, -0.05) is 0 Å². The summed E-state index contributed by atoms with van der Waals surface area (Å²) in [6.45, 7) is 1.34. The van der Waals surface area contributed by atoms with Crippen LogP contribution in [0.4, 0.5) is 4.79 Å². The van der Waals surface area contributed by atoms with Crippen LogP contribution in [-0.4, -0.2) is 63.8 Å². The van der Waals surface area contributed by atoms with Crippen LogP contribution in [0.15, 0.2) is 0 Å². The van der Waals surface area contributed by atoms with Crippen molar-refractivity contribution in [1.29, 1.82) is 0 Å². The van der Waals surface area contributed by atoms with E-state index < -0.39 is 6.04 Å². The molecule has 0 aromatic heterocycles. The molecule has 4 rings (SSSR count). The van der Waals surface area contributed by atoms with Gasteiger partial charge in [-0.3, -0.25) is 9.59 Å². The molecule has 0 radical (unpaired) electrons. The summed E-state index contributed by atoms with van der Waals surface area (Å²) in [4.78, 5) is 41.7. The van der Waals surface area contributed by atoms with E-state index in [2.05, 4.69) is 0 Å². The van der Waals surface area contributed by atoms with E-state index >= 15 is 0 Å². The zero-order valence-corrected chi connectivity index (χ0v) is 10.7. The molecule has 19 heavy (non-hydrogen) atoms. The molecule has 0 N–H and O–H groups in total. The predicted octanol–water partition coefficient (Wildman–Crippen LogP) is 0.176. The fourth-order valence-electron chi connectivity index (χ4n) is 3.61. The molecule has 0 aromatic rings. The van der Waals surface area contributed by atoms with Gasteiger partial charge in [0.15, 0.2) is 0 Å². The normalized spacial score (nSPS) is 34.7. The van der Waals surface area contributed by atoms with Crippen LogP contribution in [0.1, 0.15) is 32.1 Å². The van der Waals surface area contributed by atoms with Crippen LogP contribution in [0.5, 0.6) is 0 Å². The highest BCUT2D eigenvalue weighted by atomic mass is 16.2. The first kappa shape index (κ1) is 11.3. The Morgan fingerprint density at radius 2 is 1.58 bits per heavy atom. The van der Waals surface area contributed by atoms with Gasteiger partial charge in [-0.05, 0) is 32.1 Å². The average molecular weight is 263 g/mol. The molecule has 1 saturated carbocycles. The summed E-state index contributed by atoms with van der Waals surface area (Å²) in [7, 11) is 0. The smallest absolute Gasteiger partial charge is 0.328 e. The van der Waals surface area contributed by atoms with Crippen LogP contribution in [0.25, 0.3) is 0 Å². The number of carbonyl (C=O) groups excluding carboxylic acids is 3. The number of imide groups is 1. The lowest BCUT2D eigenvalue weighted by Crippen LogP contribution is -2.46. The number of fused-ring (bicyclic) bond motifs is 1. The molecular weight excluding hydrogens is 246 g/mol. The Hall–Kier alpha value is -1.59. The van der Waals surface area contributed by atoms with Gasteiger partial charge in [0.1, 0.15) is 12.1 Å². The molecule has 102 valence electrons. The molecule has 3 heterocycles. The summed E-state index contributed by atoms with van der Waals surface area (Å²) in [5.41, 5.74) is 0. The molecular formula is C13H17N3O3. The molecule has 4 aliphatic rings. The van der Waals surface area contributed by atoms with Crippen LogP contribution in [0.2, 0.25) is 0 Å². The van der Waals surface area contributed by atoms with Crippen LogP contribution in [0.3, 0.4) is 0 Å². The summed E-state index contributed by atoms with van der Waals surface area (Å²) < 4.78 is 0. The number of likely N-dealkylation sites (tertiary alicyclic amines) is 1. The first-order valence-electron chi connectivity index (χ1n) is 7.12. The fourth-order valence-corrected chi connectivity index (χ4v) is 3.61. The quantitative estimate of drug-likeness (QED) is 0.668. The maximum absolute atomic E-state index is 12.3. The summed E-state index contributed by atoms with van der Waals surface area (Å²) >= 11 is 0. The lowest BCUT2D eigenvalue weighted by molar-refractivity contribution is -0.138. The molecule has 6 heteroatoms. The van der Waals surface area contributed by atoms with Crippen LogP contribution in [0, 0.1) is 0 Å². The third-order valence-electron chi connectivity index (χ3n) is 4.74. The van der Waals surface area contributed by atoms with Crippen molar-refractivity contribution in [3.8, 4) is 0 Å². The second kappa shape index (κ2) is 3.71. The van der Waals surface area contributed by atoms with E-state index in [-0.39, 0.29) is 23.9 Å². The highest BCUT2D eigenvalue weighted by Gasteiger charge is 2.54. The van der Waals surface area contributed by atoms with Crippen molar-refractivity contribution in [3.63, 3.8) is 0 Å². The van der Waals surface area contributed by atoms with E-state index in [1.165, 1.54) is 4.90 Å². The lowest BCUT2D eigenvalue weighted by atomic mass is 10.1. The number of nitrogens with zero attached hydrogens (tertiary/aromatic N) is 3. The highest BCUT2D eigenvalue weighted by Crippen LogP contribution is 2.35.